The molecule has 1 aromatic heterocycles. The van der Waals surface area contributed by atoms with Gasteiger partial charge in [0.25, 0.3) is 5.91 Å². The van der Waals surface area contributed by atoms with Crippen LogP contribution in [0.25, 0.3) is 23.1 Å². The minimum atomic E-state index is -0.0583. The second kappa shape index (κ2) is 10.9. The zero-order chi connectivity index (χ0) is 24.0. The van der Waals surface area contributed by atoms with E-state index in [2.05, 4.69) is 4.98 Å². The lowest BCUT2D eigenvalue weighted by Gasteiger charge is -2.30. The highest BCUT2D eigenvalue weighted by Crippen LogP contribution is 2.30. The molecule has 6 heteroatoms. The molecule has 6 nitrogen and oxygen atoms in total. The number of phenols is 1. The second-order valence-electron chi connectivity index (χ2n) is 8.33. The van der Waals surface area contributed by atoms with Gasteiger partial charge in [0.1, 0.15) is 11.3 Å². The Labute approximate surface area is 195 Å². The van der Waals surface area contributed by atoms with Gasteiger partial charge in [0.15, 0.2) is 18.1 Å². The van der Waals surface area contributed by atoms with Crippen LogP contribution in [0.15, 0.2) is 48.5 Å². The smallest absolute Gasteiger partial charge is 0.260 e. The van der Waals surface area contributed by atoms with Crippen LogP contribution in [0.2, 0.25) is 0 Å². The third-order valence-corrected chi connectivity index (χ3v) is 5.19. The van der Waals surface area contributed by atoms with Gasteiger partial charge in [0.2, 0.25) is 0 Å². The predicted octanol–water partition coefficient (Wildman–Crippen LogP) is 5.53. The number of carbonyl (C=O) groups is 1. The van der Waals surface area contributed by atoms with Crippen LogP contribution >= 0.6 is 0 Å². The average Bonchev–Trinajstić information content (AvgIpc) is 2.77. The van der Waals surface area contributed by atoms with Gasteiger partial charge in [-0.3, -0.25) is 4.79 Å². The van der Waals surface area contributed by atoms with Crippen LogP contribution in [0.4, 0.5) is 0 Å². The quantitative estimate of drug-likeness (QED) is 0.466. The van der Waals surface area contributed by atoms with Crippen molar-refractivity contribution in [3.05, 3.63) is 59.8 Å². The molecular formula is C27H32N2O4. The first-order chi connectivity index (χ1) is 15.8. The van der Waals surface area contributed by atoms with Gasteiger partial charge in [0, 0.05) is 17.5 Å². The van der Waals surface area contributed by atoms with Gasteiger partial charge in [-0.2, -0.15) is 0 Å². The molecule has 0 aliphatic heterocycles. The van der Waals surface area contributed by atoms with Gasteiger partial charge in [-0.1, -0.05) is 30.3 Å². The minimum absolute atomic E-state index is 0.0455. The molecule has 174 valence electrons. The standard InChI is InChI=1S/C27H32N2O4/c1-6-32-25-16-20(10-13-22-14-12-21-8-7-9-23(30)27(21)28-22)11-15-24(25)33-17-26(31)29(18(2)3)19(4)5/h7-16,18-19,30H,6,17H2,1-5H3. The summed E-state index contributed by atoms with van der Waals surface area (Å²) in [5.41, 5.74) is 2.21. The molecule has 0 unspecified atom stereocenters. The molecule has 0 atom stereocenters. The number of ether oxygens (including phenoxy) is 2. The highest BCUT2D eigenvalue weighted by molar-refractivity contribution is 5.85. The fourth-order valence-electron chi connectivity index (χ4n) is 3.82. The summed E-state index contributed by atoms with van der Waals surface area (Å²) < 4.78 is 11.6. The summed E-state index contributed by atoms with van der Waals surface area (Å²) in [5, 5.41) is 10.9. The monoisotopic (exact) mass is 448 g/mol. The molecular weight excluding hydrogens is 416 g/mol. The second-order valence-corrected chi connectivity index (χ2v) is 8.33. The highest BCUT2D eigenvalue weighted by Gasteiger charge is 2.21. The summed E-state index contributed by atoms with van der Waals surface area (Å²) in [6.07, 6.45) is 3.80. The molecule has 1 heterocycles. The van der Waals surface area contributed by atoms with Crippen molar-refractivity contribution >= 4 is 29.0 Å². The van der Waals surface area contributed by atoms with Crippen molar-refractivity contribution in [1.29, 1.82) is 0 Å². The molecule has 0 bridgehead atoms. The summed E-state index contributed by atoms with van der Waals surface area (Å²) in [6, 6.07) is 15.0. The number of pyridine rings is 1. The molecule has 2 aromatic carbocycles. The summed E-state index contributed by atoms with van der Waals surface area (Å²) >= 11 is 0. The third kappa shape index (κ3) is 6.04. The van der Waals surface area contributed by atoms with E-state index in [1.807, 2.05) is 88.1 Å². The van der Waals surface area contributed by atoms with Crippen LogP contribution in [-0.2, 0) is 4.79 Å². The fourth-order valence-corrected chi connectivity index (χ4v) is 3.82. The molecule has 0 spiro atoms. The van der Waals surface area contributed by atoms with Crippen molar-refractivity contribution in [2.45, 2.75) is 46.7 Å². The van der Waals surface area contributed by atoms with Crippen LogP contribution in [-0.4, -0.2) is 46.2 Å². The maximum Gasteiger partial charge on any atom is 0.260 e. The van der Waals surface area contributed by atoms with Gasteiger partial charge >= 0.3 is 0 Å². The number of amides is 1. The maximum atomic E-state index is 12.6. The number of benzene rings is 2. The number of aromatic nitrogens is 1. The van der Waals surface area contributed by atoms with Crippen molar-refractivity contribution in [3.63, 3.8) is 0 Å². The Morgan fingerprint density at radius 2 is 1.76 bits per heavy atom. The topological polar surface area (TPSA) is 71.9 Å². The van der Waals surface area contributed by atoms with E-state index in [-0.39, 0.29) is 30.3 Å². The van der Waals surface area contributed by atoms with E-state index in [9.17, 15) is 9.90 Å². The lowest BCUT2D eigenvalue weighted by atomic mass is 10.1. The summed E-state index contributed by atoms with van der Waals surface area (Å²) in [4.78, 5) is 19.0. The number of para-hydroxylation sites is 1. The van der Waals surface area contributed by atoms with Crippen LogP contribution in [0.3, 0.4) is 0 Å². The van der Waals surface area contributed by atoms with E-state index in [0.29, 0.717) is 23.6 Å². The number of rotatable bonds is 9. The molecule has 0 aliphatic rings. The van der Waals surface area contributed by atoms with E-state index >= 15 is 0 Å². The number of carbonyl (C=O) groups excluding carboxylic acids is 1. The maximum absolute atomic E-state index is 12.6. The molecule has 0 aliphatic carbocycles. The van der Waals surface area contributed by atoms with Gasteiger partial charge in [-0.15, -0.1) is 0 Å². The Kier molecular flexibility index (Phi) is 7.93. The Morgan fingerprint density at radius 1 is 1.00 bits per heavy atom. The molecule has 3 rings (SSSR count). The van der Waals surface area contributed by atoms with Crippen molar-refractivity contribution < 1.29 is 19.4 Å². The molecule has 1 N–H and O–H groups in total. The summed E-state index contributed by atoms with van der Waals surface area (Å²) in [5.74, 6) is 1.21. The Hall–Kier alpha value is -3.54. The Bertz CT molecular complexity index is 1130. The molecule has 0 fully saturated rings. The van der Waals surface area contributed by atoms with E-state index in [4.69, 9.17) is 9.47 Å². The van der Waals surface area contributed by atoms with Crippen LogP contribution < -0.4 is 9.47 Å². The Balaban J connectivity index is 1.77. The molecule has 0 saturated carbocycles. The number of hydrogen-bond acceptors (Lipinski definition) is 5. The zero-order valence-electron chi connectivity index (χ0n) is 19.9. The van der Waals surface area contributed by atoms with Gasteiger partial charge in [-0.05, 0) is 70.5 Å². The van der Waals surface area contributed by atoms with Crippen molar-refractivity contribution in [2.75, 3.05) is 13.2 Å². The molecule has 0 radical (unpaired) electrons. The van der Waals surface area contributed by atoms with Crippen molar-refractivity contribution in [2.24, 2.45) is 0 Å². The predicted molar refractivity (Wildman–Crippen MR) is 133 cm³/mol. The first-order valence-corrected chi connectivity index (χ1v) is 11.3. The van der Waals surface area contributed by atoms with Crippen molar-refractivity contribution in [3.8, 4) is 17.2 Å². The number of aromatic hydroxyl groups is 1. The van der Waals surface area contributed by atoms with Crippen LogP contribution in [0.5, 0.6) is 17.2 Å². The fraction of sp³-hybridized carbons (Fsp3) is 0.333. The van der Waals surface area contributed by atoms with Gasteiger partial charge in [-0.25, -0.2) is 4.98 Å². The van der Waals surface area contributed by atoms with E-state index < -0.39 is 0 Å². The summed E-state index contributed by atoms with van der Waals surface area (Å²) in [7, 11) is 0. The average molecular weight is 449 g/mol. The molecule has 0 saturated heterocycles. The zero-order valence-corrected chi connectivity index (χ0v) is 19.9. The van der Waals surface area contributed by atoms with Crippen LogP contribution in [0.1, 0.15) is 45.9 Å². The number of hydrogen-bond donors (Lipinski definition) is 1. The van der Waals surface area contributed by atoms with Gasteiger partial charge < -0.3 is 19.5 Å². The van der Waals surface area contributed by atoms with E-state index in [1.54, 1.807) is 12.1 Å². The largest absolute Gasteiger partial charge is 0.506 e. The molecule has 33 heavy (non-hydrogen) atoms. The highest BCUT2D eigenvalue weighted by atomic mass is 16.5. The van der Waals surface area contributed by atoms with E-state index in [0.717, 1.165) is 16.6 Å². The minimum Gasteiger partial charge on any atom is -0.506 e. The normalized spacial score (nSPS) is 11.5. The number of fused-ring (bicyclic) bond motifs is 1. The molecule has 3 aromatic rings. The van der Waals surface area contributed by atoms with E-state index in [1.165, 1.54) is 0 Å². The Morgan fingerprint density at radius 3 is 2.45 bits per heavy atom. The lowest BCUT2D eigenvalue weighted by Crippen LogP contribution is -2.44. The number of phenolic OH excluding ortho intramolecular Hbond substituents is 1. The lowest BCUT2D eigenvalue weighted by molar-refractivity contribution is -0.137. The molecule has 1 amide bonds. The van der Waals surface area contributed by atoms with Gasteiger partial charge in [0.05, 0.1) is 12.3 Å². The van der Waals surface area contributed by atoms with Crippen LogP contribution in [0, 0.1) is 0 Å². The first-order valence-electron chi connectivity index (χ1n) is 11.3. The summed E-state index contributed by atoms with van der Waals surface area (Å²) in [6.45, 7) is 10.3. The third-order valence-electron chi connectivity index (χ3n) is 5.19. The SMILES string of the molecule is CCOc1cc(C=Cc2ccc3cccc(O)c3n2)ccc1OCC(=O)N(C(C)C)C(C)C. The van der Waals surface area contributed by atoms with Crippen molar-refractivity contribution in [1.82, 2.24) is 9.88 Å². The number of nitrogens with zero attached hydrogens (tertiary/aromatic N) is 2. The first kappa shape index (κ1) is 24.1.